The number of benzene rings is 2. The molecule has 0 radical (unpaired) electrons. The molecule has 158 valence electrons. The second-order valence-corrected chi connectivity index (χ2v) is 9.04. The Morgan fingerprint density at radius 2 is 1.77 bits per heavy atom. The van der Waals surface area contributed by atoms with E-state index in [2.05, 4.69) is 20.6 Å². The summed E-state index contributed by atoms with van der Waals surface area (Å²) in [6.07, 6.45) is 3.59. The molecule has 8 heteroatoms. The van der Waals surface area contributed by atoms with E-state index in [0.717, 1.165) is 23.2 Å². The van der Waals surface area contributed by atoms with Gasteiger partial charge in [0.15, 0.2) is 15.8 Å². The van der Waals surface area contributed by atoms with Crippen molar-refractivity contribution in [2.24, 2.45) is 4.99 Å². The van der Waals surface area contributed by atoms with Crippen LogP contribution in [0.3, 0.4) is 0 Å². The lowest BCUT2D eigenvalue weighted by Crippen LogP contribution is -2.37. The van der Waals surface area contributed by atoms with Gasteiger partial charge in [0, 0.05) is 25.4 Å². The zero-order valence-electron chi connectivity index (χ0n) is 17.3. The lowest BCUT2D eigenvalue weighted by Gasteiger charge is -2.11. The van der Waals surface area contributed by atoms with Gasteiger partial charge in [0.2, 0.25) is 5.89 Å². The lowest BCUT2D eigenvalue weighted by atomic mass is 10.1. The predicted molar refractivity (Wildman–Crippen MR) is 118 cm³/mol. The maximum Gasteiger partial charge on any atom is 0.226 e. The largest absolute Gasteiger partial charge is 0.444 e. The van der Waals surface area contributed by atoms with Crippen molar-refractivity contribution >= 4 is 15.8 Å². The fraction of sp³-hybridized carbons (Fsp3) is 0.273. The highest BCUT2D eigenvalue weighted by Crippen LogP contribution is 2.19. The first-order valence-corrected chi connectivity index (χ1v) is 11.5. The van der Waals surface area contributed by atoms with Gasteiger partial charge in [-0.25, -0.2) is 13.4 Å². The molecule has 0 aliphatic rings. The molecule has 0 spiro atoms. The number of aromatic nitrogens is 1. The normalized spacial score (nSPS) is 12.0. The Labute approximate surface area is 177 Å². The molecular formula is C22H26N4O3S. The van der Waals surface area contributed by atoms with Crippen molar-refractivity contribution in [1.29, 1.82) is 0 Å². The number of sulfone groups is 1. The Morgan fingerprint density at radius 1 is 1.07 bits per heavy atom. The lowest BCUT2D eigenvalue weighted by molar-refractivity contribution is 0.572. The number of nitrogens with zero attached hydrogens (tertiary/aromatic N) is 2. The molecule has 1 aromatic heterocycles. The summed E-state index contributed by atoms with van der Waals surface area (Å²) in [5.74, 6) is 1.25. The van der Waals surface area contributed by atoms with Gasteiger partial charge in [-0.3, -0.25) is 4.99 Å². The van der Waals surface area contributed by atoms with Gasteiger partial charge in [0.25, 0.3) is 0 Å². The molecule has 0 unspecified atom stereocenters. The molecule has 1 heterocycles. The van der Waals surface area contributed by atoms with Crippen LogP contribution in [0, 0.1) is 6.92 Å². The van der Waals surface area contributed by atoms with Crippen molar-refractivity contribution in [2.75, 3.05) is 19.8 Å². The minimum absolute atomic E-state index is 0.328. The van der Waals surface area contributed by atoms with Crippen LogP contribution >= 0.6 is 0 Å². The van der Waals surface area contributed by atoms with Crippen molar-refractivity contribution < 1.29 is 12.8 Å². The standard InChI is InChI=1S/C22H26N4O3S/c1-16-4-8-18(9-5-16)21-26-19(15-29-21)14-25-22(23-2)24-13-12-17-6-10-20(11-7-17)30(3,27)28/h4-11,15H,12-14H2,1-3H3,(H2,23,24,25). The number of oxazole rings is 1. The minimum atomic E-state index is -3.17. The van der Waals surface area contributed by atoms with Crippen LogP contribution in [-0.4, -0.2) is 39.2 Å². The number of guanidine groups is 1. The highest BCUT2D eigenvalue weighted by Gasteiger charge is 2.08. The summed E-state index contributed by atoms with van der Waals surface area (Å²) >= 11 is 0. The molecule has 0 saturated heterocycles. The quantitative estimate of drug-likeness (QED) is 0.445. The number of aryl methyl sites for hydroxylation is 1. The smallest absolute Gasteiger partial charge is 0.226 e. The zero-order chi connectivity index (χ0) is 21.6. The fourth-order valence-corrected chi connectivity index (χ4v) is 3.47. The average molecular weight is 427 g/mol. The summed E-state index contributed by atoms with van der Waals surface area (Å²) in [4.78, 5) is 9.05. The summed E-state index contributed by atoms with van der Waals surface area (Å²) < 4.78 is 28.6. The van der Waals surface area contributed by atoms with E-state index in [0.29, 0.717) is 29.8 Å². The number of rotatable bonds is 7. The summed E-state index contributed by atoms with van der Waals surface area (Å²) in [7, 11) is -1.46. The molecule has 0 saturated carbocycles. The average Bonchev–Trinajstić information content (AvgIpc) is 3.20. The van der Waals surface area contributed by atoms with Gasteiger partial charge in [-0.05, 0) is 43.2 Å². The van der Waals surface area contributed by atoms with E-state index in [1.807, 2.05) is 43.3 Å². The first kappa shape index (κ1) is 21.6. The molecule has 0 aliphatic carbocycles. The fourth-order valence-electron chi connectivity index (χ4n) is 2.84. The van der Waals surface area contributed by atoms with Crippen LogP contribution in [0.2, 0.25) is 0 Å². The number of aliphatic imine (C=N–C) groups is 1. The summed E-state index contributed by atoms with van der Waals surface area (Å²) in [5, 5.41) is 6.45. The van der Waals surface area contributed by atoms with E-state index < -0.39 is 9.84 Å². The third-order valence-electron chi connectivity index (χ3n) is 4.57. The van der Waals surface area contributed by atoms with Gasteiger partial charge in [0.05, 0.1) is 17.1 Å². The van der Waals surface area contributed by atoms with Crippen LogP contribution in [0.1, 0.15) is 16.8 Å². The second-order valence-electron chi connectivity index (χ2n) is 7.03. The monoisotopic (exact) mass is 426 g/mol. The predicted octanol–water partition coefficient (Wildman–Crippen LogP) is 2.96. The molecule has 3 rings (SSSR count). The Balaban J connectivity index is 1.48. The van der Waals surface area contributed by atoms with Crippen LogP contribution in [0.4, 0.5) is 0 Å². The van der Waals surface area contributed by atoms with E-state index in [4.69, 9.17) is 4.42 Å². The Morgan fingerprint density at radius 3 is 2.40 bits per heavy atom. The molecule has 0 bridgehead atoms. The molecule has 0 aliphatic heterocycles. The maximum atomic E-state index is 11.5. The number of hydrogen-bond acceptors (Lipinski definition) is 5. The van der Waals surface area contributed by atoms with Gasteiger partial charge >= 0.3 is 0 Å². The summed E-state index contributed by atoms with van der Waals surface area (Å²) in [6.45, 7) is 3.18. The van der Waals surface area contributed by atoms with Crippen molar-refractivity contribution in [1.82, 2.24) is 15.6 Å². The molecule has 2 aromatic carbocycles. The topological polar surface area (TPSA) is 96.6 Å². The van der Waals surface area contributed by atoms with Crippen molar-refractivity contribution in [3.8, 4) is 11.5 Å². The van der Waals surface area contributed by atoms with Gasteiger partial charge in [-0.15, -0.1) is 0 Å². The zero-order valence-corrected chi connectivity index (χ0v) is 18.2. The SMILES string of the molecule is CN=C(NCCc1ccc(S(C)(=O)=O)cc1)NCc1coc(-c2ccc(C)cc2)n1. The number of hydrogen-bond donors (Lipinski definition) is 2. The Kier molecular flexibility index (Phi) is 6.89. The van der Waals surface area contributed by atoms with E-state index in [1.165, 1.54) is 11.8 Å². The molecule has 3 aromatic rings. The van der Waals surface area contributed by atoms with Crippen LogP contribution in [0.25, 0.3) is 11.5 Å². The van der Waals surface area contributed by atoms with Gasteiger partial charge in [0.1, 0.15) is 6.26 Å². The molecular weight excluding hydrogens is 400 g/mol. The number of nitrogens with one attached hydrogen (secondary N) is 2. The minimum Gasteiger partial charge on any atom is -0.444 e. The molecule has 7 nitrogen and oxygen atoms in total. The highest BCUT2D eigenvalue weighted by molar-refractivity contribution is 7.90. The van der Waals surface area contributed by atoms with Crippen LogP contribution in [0.15, 0.2) is 69.1 Å². The van der Waals surface area contributed by atoms with E-state index in [9.17, 15) is 8.42 Å². The van der Waals surface area contributed by atoms with Gasteiger partial charge < -0.3 is 15.1 Å². The van der Waals surface area contributed by atoms with Crippen LogP contribution in [0.5, 0.6) is 0 Å². The van der Waals surface area contributed by atoms with Gasteiger partial charge in [-0.2, -0.15) is 0 Å². The van der Waals surface area contributed by atoms with E-state index in [1.54, 1.807) is 25.4 Å². The second kappa shape index (κ2) is 9.58. The Bertz CT molecular complexity index is 1100. The summed E-state index contributed by atoms with van der Waals surface area (Å²) in [5.41, 5.74) is 3.96. The molecule has 30 heavy (non-hydrogen) atoms. The first-order valence-electron chi connectivity index (χ1n) is 9.60. The highest BCUT2D eigenvalue weighted by atomic mass is 32.2. The van der Waals surface area contributed by atoms with Crippen molar-refractivity contribution in [3.63, 3.8) is 0 Å². The molecule has 0 amide bonds. The van der Waals surface area contributed by atoms with E-state index in [-0.39, 0.29) is 0 Å². The van der Waals surface area contributed by atoms with Crippen LogP contribution < -0.4 is 10.6 Å². The first-order chi connectivity index (χ1) is 14.3. The summed E-state index contributed by atoms with van der Waals surface area (Å²) in [6, 6.07) is 15.0. The molecule has 0 fully saturated rings. The van der Waals surface area contributed by atoms with Crippen molar-refractivity contribution in [2.45, 2.75) is 24.8 Å². The maximum absolute atomic E-state index is 11.5. The van der Waals surface area contributed by atoms with Crippen LogP contribution in [-0.2, 0) is 22.8 Å². The van der Waals surface area contributed by atoms with Gasteiger partial charge in [-0.1, -0.05) is 29.8 Å². The third kappa shape index (κ3) is 5.93. The molecule has 0 atom stereocenters. The third-order valence-corrected chi connectivity index (χ3v) is 5.70. The van der Waals surface area contributed by atoms with Crippen molar-refractivity contribution in [3.05, 3.63) is 71.6 Å². The van der Waals surface area contributed by atoms with E-state index >= 15 is 0 Å². The Hall–Kier alpha value is -3.13. The molecule has 2 N–H and O–H groups in total.